The van der Waals surface area contributed by atoms with E-state index in [0.29, 0.717) is 0 Å². The molecule has 0 saturated carbocycles. The molecule has 7 nitrogen and oxygen atoms in total. The van der Waals surface area contributed by atoms with Gasteiger partial charge < -0.3 is 24.3 Å². The minimum atomic E-state index is 0.836. The van der Waals surface area contributed by atoms with Crippen LogP contribution in [-0.2, 0) is 6.54 Å². The number of thioether (sulfide) groups is 1. The Morgan fingerprint density at radius 1 is 0.861 bits per heavy atom. The van der Waals surface area contributed by atoms with Gasteiger partial charge in [-0.25, -0.2) is 9.97 Å². The van der Waals surface area contributed by atoms with Crippen molar-refractivity contribution >= 4 is 11.8 Å². The van der Waals surface area contributed by atoms with Crippen LogP contribution in [0.25, 0.3) is 22.5 Å². The zero-order valence-electron chi connectivity index (χ0n) is 21.1. The SMILES string of the molecule is COc1ccc(-c2nc(SCCCCCNCCCn3ccnc3)[nH]c2-c2ccc(OC)cc2)cc1. The van der Waals surface area contributed by atoms with E-state index in [1.165, 1.54) is 12.8 Å². The quantitative estimate of drug-likeness (QED) is 0.155. The summed E-state index contributed by atoms with van der Waals surface area (Å²) in [5.41, 5.74) is 4.11. The first-order valence-electron chi connectivity index (χ1n) is 12.4. The summed E-state index contributed by atoms with van der Waals surface area (Å²) in [6.07, 6.45) is 10.4. The first-order chi connectivity index (χ1) is 17.8. The molecule has 0 aliphatic rings. The van der Waals surface area contributed by atoms with Gasteiger partial charge in [0, 0.05) is 35.8 Å². The predicted octanol–water partition coefficient (Wildman–Crippen LogP) is 5.90. The van der Waals surface area contributed by atoms with Crippen LogP contribution in [-0.4, -0.2) is 52.6 Å². The largest absolute Gasteiger partial charge is 0.497 e. The Labute approximate surface area is 217 Å². The smallest absolute Gasteiger partial charge is 0.166 e. The lowest BCUT2D eigenvalue weighted by atomic mass is 10.0. The third-order valence-corrected chi connectivity index (χ3v) is 6.95. The van der Waals surface area contributed by atoms with E-state index in [9.17, 15) is 0 Å². The number of H-pyrrole nitrogens is 1. The highest BCUT2D eigenvalue weighted by atomic mass is 32.2. The Morgan fingerprint density at radius 3 is 2.22 bits per heavy atom. The zero-order chi connectivity index (χ0) is 25.0. The van der Waals surface area contributed by atoms with E-state index < -0.39 is 0 Å². The molecule has 0 aliphatic heterocycles. The summed E-state index contributed by atoms with van der Waals surface area (Å²) in [6.45, 7) is 3.13. The molecule has 0 amide bonds. The standard InChI is InChI=1S/C28H35N5O2S/c1-34-24-11-7-22(8-12-24)26-27(23-9-13-25(35-2)14-10-23)32-28(31-26)36-20-5-3-4-15-29-16-6-18-33-19-17-30-21-33/h7-14,17,19,21,29H,3-6,15-16,18,20H2,1-2H3,(H,31,32). The van der Waals surface area contributed by atoms with Gasteiger partial charge in [0.1, 0.15) is 11.5 Å². The van der Waals surface area contributed by atoms with Crippen molar-refractivity contribution in [3.63, 3.8) is 0 Å². The molecule has 190 valence electrons. The van der Waals surface area contributed by atoms with E-state index >= 15 is 0 Å². The average Bonchev–Trinajstić information content (AvgIpc) is 3.60. The minimum absolute atomic E-state index is 0.836. The third-order valence-electron chi connectivity index (χ3n) is 5.99. The van der Waals surface area contributed by atoms with Gasteiger partial charge >= 0.3 is 0 Å². The van der Waals surface area contributed by atoms with Gasteiger partial charge in [-0.1, -0.05) is 18.2 Å². The lowest BCUT2D eigenvalue weighted by Gasteiger charge is -2.06. The second-order valence-electron chi connectivity index (χ2n) is 8.54. The number of ether oxygens (including phenoxy) is 2. The molecule has 8 heteroatoms. The van der Waals surface area contributed by atoms with E-state index in [-0.39, 0.29) is 0 Å². The monoisotopic (exact) mass is 505 g/mol. The lowest BCUT2D eigenvalue weighted by Crippen LogP contribution is -2.18. The van der Waals surface area contributed by atoms with Crippen LogP contribution < -0.4 is 14.8 Å². The topological polar surface area (TPSA) is 77.0 Å². The van der Waals surface area contributed by atoms with Crippen LogP contribution in [0.4, 0.5) is 0 Å². The Morgan fingerprint density at radius 2 is 1.56 bits per heavy atom. The van der Waals surface area contributed by atoms with Gasteiger partial charge in [-0.3, -0.25) is 0 Å². The molecule has 2 heterocycles. The van der Waals surface area contributed by atoms with Crippen LogP contribution in [0.1, 0.15) is 25.7 Å². The van der Waals surface area contributed by atoms with Gasteiger partial charge in [0.2, 0.25) is 0 Å². The summed E-state index contributed by atoms with van der Waals surface area (Å²) < 4.78 is 12.8. The summed E-state index contributed by atoms with van der Waals surface area (Å²) in [7, 11) is 3.36. The zero-order valence-corrected chi connectivity index (χ0v) is 21.9. The van der Waals surface area contributed by atoms with Gasteiger partial charge in [0.05, 0.1) is 31.9 Å². The maximum atomic E-state index is 5.33. The van der Waals surface area contributed by atoms with Crippen LogP contribution in [0.3, 0.4) is 0 Å². The summed E-state index contributed by atoms with van der Waals surface area (Å²) in [5, 5.41) is 4.49. The van der Waals surface area contributed by atoms with Gasteiger partial charge in [-0.15, -0.1) is 0 Å². The van der Waals surface area contributed by atoms with Crippen molar-refractivity contribution in [3.8, 4) is 34.0 Å². The number of aryl methyl sites for hydroxylation is 1. The number of hydrogen-bond donors (Lipinski definition) is 2. The van der Waals surface area contributed by atoms with Gasteiger partial charge in [-0.05, 0) is 80.9 Å². The normalized spacial score (nSPS) is 11.1. The van der Waals surface area contributed by atoms with Gasteiger partial charge in [0.15, 0.2) is 5.16 Å². The number of unbranched alkanes of at least 4 members (excludes halogenated alkanes) is 2. The maximum Gasteiger partial charge on any atom is 0.166 e. The molecular formula is C28H35N5O2S. The van der Waals surface area contributed by atoms with E-state index in [1.807, 2.05) is 43.0 Å². The number of aromatic amines is 1. The fourth-order valence-electron chi connectivity index (χ4n) is 3.97. The number of nitrogens with one attached hydrogen (secondary N) is 2. The number of nitrogens with zero attached hydrogens (tertiary/aromatic N) is 3. The molecule has 0 atom stereocenters. The van der Waals surface area contributed by atoms with E-state index in [1.54, 1.807) is 26.0 Å². The molecule has 0 fully saturated rings. The summed E-state index contributed by atoms with van der Waals surface area (Å²) in [4.78, 5) is 12.6. The molecule has 36 heavy (non-hydrogen) atoms. The average molecular weight is 506 g/mol. The molecule has 0 unspecified atom stereocenters. The first-order valence-corrected chi connectivity index (χ1v) is 13.4. The third kappa shape index (κ3) is 7.38. The van der Waals surface area contributed by atoms with Crippen molar-refractivity contribution in [3.05, 3.63) is 67.3 Å². The molecule has 0 spiro atoms. The van der Waals surface area contributed by atoms with Crippen molar-refractivity contribution in [2.45, 2.75) is 37.4 Å². The van der Waals surface area contributed by atoms with Crippen LogP contribution in [0, 0.1) is 0 Å². The van der Waals surface area contributed by atoms with Crippen LogP contribution >= 0.6 is 11.8 Å². The van der Waals surface area contributed by atoms with Crippen molar-refractivity contribution in [1.82, 2.24) is 24.8 Å². The van der Waals surface area contributed by atoms with E-state index in [2.05, 4.69) is 44.1 Å². The number of imidazole rings is 2. The van der Waals surface area contributed by atoms with Crippen molar-refractivity contribution in [2.75, 3.05) is 33.1 Å². The molecule has 4 rings (SSSR count). The van der Waals surface area contributed by atoms with Gasteiger partial charge in [-0.2, -0.15) is 0 Å². The first kappa shape index (κ1) is 25.9. The number of hydrogen-bond acceptors (Lipinski definition) is 6. The fraction of sp³-hybridized carbons (Fsp3) is 0.357. The summed E-state index contributed by atoms with van der Waals surface area (Å²) in [5.74, 6) is 2.72. The van der Waals surface area contributed by atoms with Crippen molar-refractivity contribution in [2.24, 2.45) is 0 Å². The Kier molecular flexibility index (Phi) is 9.87. The Balaban J connectivity index is 1.27. The van der Waals surface area contributed by atoms with Crippen molar-refractivity contribution in [1.29, 1.82) is 0 Å². The lowest BCUT2D eigenvalue weighted by molar-refractivity contribution is 0.414. The highest BCUT2D eigenvalue weighted by Gasteiger charge is 2.15. The molecular weight excluding hydrogens is 470 g/mol. The number of benzene rings is 2. The van der Waals surface area contributed by atoms with E-state index in [4.69, 9.17) is 14.5 Å². The molecule has 2 aromatic heterocycles. The maximum absolute atomic E-state index is 5.33. The molecule has 2 aromatic carbocycles. The van der Waals surface area contributed by atoms with E-state index in [0.717, 1.165) is 77.4 Å². The van der Waals surface area contributed by atoms with Crippen LogP contribution in [0.15, 0.2) is 72.4 Å². The minimum Gasteiger partial charge on any atom is -0.497 e. The summed E-state index contributed by atoms with van der Waals surface area (Å²) in [6, 6.07) is 16.1. The number of rotatable bonds is 15. The Bertz CT molecular complexity index is 1090. The fourth-order valence-corrected chi connectivity index (χ4v) is 4.84. The second kappa shape index (κ2) is 13.8. The molecule has 0 aliphatic carbocycles. The molecule has 4 aromatic rings. The summed E-state index contributed by atoms with van der Waals surface area (Å²) >= 11 is 1.79. The van der Waals surface area contributed by atoms with Gasteiger partial charge in [0.25, 0.3) is 0 Å². The second-order valence-corrected chi connectivity index (χ2v) is 9.62. The van der Waals surface area contributed by atoms with Crippen LogP contribution in [0.2, 0.25) is 0 Å². The predicted molar refractivity (Wildman–Crippen MR) is 147 cm³/mol. The highest BCUT2D eigenvalue weighted by molar-refractivity contribution is 7.99. The number of aromatic nitrogens is 4. The number of methoxy groups -OCH3 is 2. The Hall–Kier alpha value is -3.23. The molecule has 0 bridgehead atoms. The molecule has 2 N–H and O–H groups in total. The van der Waals surface area contributed by atoms with Crippen LogP contribution in [0.5, 0.6) is 11.5 Å². The van der Waals surface area contributed by atoms with Crippen molar-refractivity contribution < 1.29 is 9.47 Å². The molecule has 0 radical (unpaired) electrons. The highest BCUT2D eigenvalue weighted by Crippen LogP contribution is 2.34. The molecule has 0 saturated heterocycles.